The lowest BCUT2D eigenvalue weighted by molar-refractivity contribution is 0.918. The maximum absolute atomic E-state index is 4.77. The normalized spacial score (nSPS) is 11.6. The van der Waals surface area contributed by atoms with Crippen LogP contribution in [-0.2, 0) is 6.42 Å². The van der Waals surface area contributed by atoms with Gasteiger partial charge < -0.3 is 0 Å². The summed E-state index contributed by atoms with van der Waals surface area (Å²) in [7, 11) is -1.28. The van der Waals surface area contributed by atoms with Gasteiger partial charge >= 0.3 is 0 Å². The van der Waals surface area contributed by atoms with Gasteiger partial charge in [0.25, 0.3) is 0 Å². The van der Waals surface area contributed by atoms with Gasteiger partial charge in [0.2, 0.25) is 0 Å². The van der Waals surface area contributed by atoms with Gasteiger partial charge in [-0.15, -0.1) is 0 Å². The predicted octanol–water partition coefficient (Wildman–Crippen LogP) is 4.25. The summed E-state index contributed by atoms with van der Waals surface area (Å²) < 4.78 is 0. The van der Waals surface area contributed by atoms with Gasteiger partial charge in [0.05, 0.1) is 13.8 Å². The first-order chi connectivity index (χ1) is 9.02. The first kappa shape index (κ1) is 14.0. The topological polar surface area (TPSA) is 12.9 Å². The molecule has 2 aromatic rings. The van der Waals surface area contributed by atoms with Gasteiger partial charge in [-0.25, -0.2) is 0 Å². The van der Waals surface area contributed by atoms with Crippen molar-refractivity contribution < 1.29 is 0 Å². The van der Waals surface area contributed by atoms with Crippen LogP contribution in [0.3, 0.4) is 0 Å². The molecule has 19 heavy (non-hydrogen) atoms. The van der Waals surface area contributed by atoms with E-state index < -0.39 is 8.07 Å². The summed E-state index contributed by atoms with van der Waals surface area (Å²) in [6, 6.07) is 12.9. The molecule has 0 bridgehead atoms. The van der Waals surface area contributed by atoms with Crippen LogP contribution in [-0.4, -0.2) is 13.1 Å². The average Bonchev–Trinajstić information content (AvgIpc) is 2.39. The van der Waals surface area contributed by atoms with E-state index in [4.69, 9.17) is 4.98 Å². The standard InChI is InChI=1S/C17H23NSi/c1-5-9-15-12-16(19(2,3)4)13-18-17(15)14-10-7-6-8-11-14/h6-8,10-13H,5,9H2,1-4H3. The molecule has 0 saturated carbocycles. The van der Waals surface area contributed by atoms with Crippen LogP contribution in [0.1, 0.15) is 18.9 Å². The van der Waals surface area contributed by atoms with Gasteiger partial charge in [-0.3, -0.25) is 4.98 Å². The summed E-state index contributed by atoms with van der Waals surface area (Å²) in [5.74, 6) is 0. The highest BCUT2D eigenvalue weighted by molar-refractivity contribution is 6.88. The largest absolute Gasteiger partial charge is 0.256 e. The van der Waals surface area contributed by atoms with Crippen molar-refractivity contribution in [1.82, 2.24) is 4.98 Å². The molecule has 1 aromatic carbocycles. The number of nitrogens with zero attached hydrogens (tertiary/aromatic N) is 1. The second kappa shape index (κ2) is 5.70. The van der Waals surface area contributed by atoms with Gasteiger partial charge in [0.15, 0.2) is 0 Å². The molecule has 0 spiro atoms. The lowest BCUT2D eigenvalue weighted by atomic mass is 10.0. The number of rotatable bonds is 4. The zero-order valence-electron chi connectivity index (χ0n) is 12.4. The van der Waals surface area contributed by atoms with Crippen molar-refractivity contribution in [2.24, 2.45) is 0 Å². The van der Waals surface area contributed by atoms with Gasteiger partial charge in [-0.05, 0) is 17.2 Å². The van der Waals surface area contributed by atoms with Crippen molar-refractivity contribution in [3.63, 3.8) is 0 Å². The summed E-state index contributed by atoms with van der Waals surface area (Å²) >= 11 is 0. The molecule has 0 N–H and O–H groups in total. The third kappa shape index (κ3) is 3.32. The first-order valence-corrected chi connectivity index (χ1v) is 10.6. The quantitative estimate of drug-likeness (QED) is 0.756. The smallest absolute Gasteiger partial charge is 0.0796 e. The van der Waals surface area contributed by atoms with Gasteiger partial charge in [0.1, 0.15) is 0 Å². The number of aryl methyl sites for hydroxylation is 1. The van der Waals surface area contributed by atoms with Crippen LogP contribution >= 0.6 is 0 Å². The second-order valence-corrected chi connectivity index (χ2v) is 11.2. The predicted molar refractivity (Wildman–Crippen MR) is 86.6 cm³/mol. The summed E-state index contributed by atoms with van der Waals surface area (Å²) in [6.07, 6.45) is 4.36. The lowest BCUT2D eigenvalue weighted by Gasteiger charge is -2.19. The molecule has 0 radical (unpaired) electrons. The summed E-state index contributed by atoms with van der Waals surface area (Å²) in [5.41, 5.74) is 3.78. The number of hydrogen-bond donors (Lipinski definition) is 0. The lowest BCUT2D eigenvalue weighted by Crippen LogP contribution is -2.38. The van der Waals surface area contributed by atoms with Crippen molar-refractivity contribution in [3.8, 4) is 11.3 Å². The minimum absolute atomic E-state index is 1.11. The summed E-state index contributed by atoms with van der Waals surface area (Å²) in [5, 5.41) is 1.45. The zero-order valence-corrected chi connectivity index (χ0v) is 13.4. The molecule has 0 aliphatic heterocycles. The Morgan fingerprint density at radius 1 is 1.05 bits per heavy atom. The fourth-order valence-corrected chi connectivity index (χ4v) is 3.30. The molecular formula is C17H23NSi. The molecule has 0 fully saturated rings. The number of aromatic nitrogens is 1. The molecule has 100 valence electrons. The Kier molecular flexibility index (Phi) is 4.20. The molecule has 2 heteroatoms. The number of pyridine rings is 1. The van der Waals surface area contributed by atoms with E-state index in [2.05, 4.69) is 69.2 Å². The first-order valence-electron chi connectivity index (χ1n) is 7.07. The monoisotopic (exact) mass is 269 g/mol. The van der Waals surface area contributed by atoms with E-state index in [9.17, 15) is 0 Å². The van der Waals surface area contributed by atoms with Crippen LogP contribution in [0.25, 0.3) is 11.3 Å². The Labute approximate surface area is 117 Å². The Morgan fingerprint density at radius 3 is 2.32 bits per heavy atom. The van der Waals surface area contributed by atoms with E-state index in [1.165, 1.54) is 16.3 Å². The molecule has 0 saturated heterocycles. The van der Waals surface area contributed by atoms with Gasteiger partial charge in [-0.2, -0.15) is 0 Å². The van der Waals surface area contributed by atoms with E-state index in [1.54, 1.807) is 0 Å². The zero-order chi connectivity index (χ0) is 13.9. The van der Waals surface area contributed by atoms with E-state index in [0.717, 1.165) is 18.5 Å². The average molecular weight is 269 g/mol. The molecule has 2 rings (SSSR count). The van der Waals surface area contributed by atoms with Crippen LogP contribution in [0.5, 0.6) is 0 Å². The van der Waals surface area contributed by atoms with Crippen molar-refractivity contribution in [3.05, 3.63) is 48.2 Å². The molecule has 0 amide bonds. The van der Waals surface area contributed by atoms with Crippen LogP contribution in [0.4, 0.5) is 0 Å². The highest BCUT2D eigenvalue weighted by Gasteiger charge is 2.18. The highest BCUT2D eigenvalue weighted by Crippen LogP contribution is 2.22. The number of hydrogen-bond acceptors (Lipinski definition) is 1. The van der Waals surface area contributed by atoms with Crippen molar-refractivity contribution in [1.29, 1.82) is 0 Å². The Bertz CT molecular complexity index is 541. The number of benzene rings is 1. The SMILES string of the molecule is CCCc1cc([Si](C)(C)C)cnc1-c1ccccc1. The highest BCUT2D eigenvalue weighted by atomic mass is 28.3. The molecular weight excluding hydrogens is 246 g/mol. The Balaban J connectivity index is 2.50. The van der Waals surface area contributed by atoms with Crippen LogP contribution in [0.15, 0.2) is 42.6 Å². The Hall–Kier alpha value is -1.41. The van der Waals surface area contributed by atoms with Crippen LogP contribution < -0.4 is 5.19 Å². The molecule has 0 unspecified atom stereocenters. The minimum atomic E-state index is -1.28. The van der Waals surface area contributed by atoms with Gasteiger partial charge in [0, 0.05) is 11.8 Å². The van der Waals surface area contributed by atoms with E-state index in [0.29, 0.717) is 0 Å². The molecule has 1 nitrogen and oxygen atoms in total. The minimum Gasteiger partial charge on any atom is -0.256 e. The van der Waals surface area contributed by atoms with Crippen LogP contribution in [0.2, 0.25) is 19.6 Å². The fraction of sp³-hybridized carbons (Fsp3) is 0.353. The van der Waals surface area contributed by atoms with Crippen LogP contribution in [0, 0.1) is 0 Å². The maximum atomic E-state index is 4.77. The third-order valence-corrected chi connectivity index (χ3v) is 5.40. The molecule has 0 aliphatic carbocycles. The van der Waals surface area contributed by atoms with Crippen molar-refractivity contribution in [2.45, 2.75) is 39.4 Å². The molecule has 1 heterocycles. The molecule has 0 aliphatic rings. The van der Waals surface area contributed by atoms with E-state index in [1.807, 2.05) is 0 Å². The van der Waals surface area contributed by atoms with E-state index >= 15 is 0 Å². The summed E-state index contributed by atoms with van der Waals surface area (Å²) in [6.45, 7) is 9.36. The van der Waals surface area contributed by atoms with Crippen molar-refractivity contribution >= 4 is 13.3 Å². The summed E-state index contributed by atoms with van der Waals surface area (Å²) in [4.78, 5) is 4.77. The fourth-order valence-electron chi connectivity index (χ4n) is 2.24. The third-order valence-electron chi connectivity index (χ3n) is 3.40. The van der Waals surface area contributed by atoms with Crippen molar-refractivity contribution in [2.75, 3.05) is 0 Å². The maximum Gasteiger partial charge on any atom is 0.0796 e. The Morgan fingerprint density at radius 2 is 1.74 bits per heavy atom. The molecule has 1 aromatic heterocycles. The second-order valence-electron chi connectivity index (χ2n) is 6.10. The van der Waals surface area contributed by atoms with Gasteiger partial charge in [-0.1, -0.05) is 69.4 Å². The molecule has 0 atom stereocenters. The van der Waals surface area contributed by atoms with E-state index in [-0.39, 0.29) is 0 Å².